The number of likely N-dealkylation sites (tertiary alicyclic amines) is 1. The van der Waals surface area contributed by atoms with Gasteiger partial charge in [0.05, 0.1) is 6.04 Å². The molecule has 1 aliphatic heterocycles. The first-order valence-corrected chi connectivity index (χ1v) is 9.74. The van der Waals surface area contributed by atoms with Crippen LogP contribution in [0.4, 0.5) is 0 Å². The second-order valence-corrected chi connectivity index (χ2v) is 7.15. The molecule has 0 unspecified atom stereocenters. The number of carbonyl (C=O) groups is 2. The zero-order valence-electron chi connectivity index (χ0n) is 16.5. The van der Waals surface area contributed by atoms with Gasteiger partial charge < -0.3 is 15.0 Å². The van der Waals surface area contributed by atoms with Crippen molar-refractivity contribution in [3.8, 4) is 0 Å². The van der Waals surface area contributed by atoms with E-state index in [1.54, 1.807) is 7.05 Å². The van der Waals surface area contributed by atoms with Crippen LogP contribution in [0.2, 0.25) is 0 Å². The van der Waals surface area contributed by atoms with Crippen LogP contribution in [0, 0.1) is 0 Å². The van der Waals surface area contributed by atoms with E-state index in [1.807, 2.05) is 66.9 Å². The molecule has 0 aromatic heterocycles. The van der Waals surface area contributed by atoms with Crippen molar-refractivity contribution < 1.29 is 19.1 Å². The van der Waals surface area contributed by atoms with Gasteiger partial charge in [-0.3, -0.25) is 9.59 Å². The second-order valence-electron chi connectivity index (χ2n) is 7.15. The van der Waals surface area contributed by atoms with Gasteiger partial charge in [0.25, 0.3) is 0 Å². The minimum atomic E-state index is -1.68. The van der Waals surface area contributed by atoms with Gasteiger partial charge in [0.1, 0.15) is 6.61 Å². The number of likely N-dealkylation sites (N-methyl/N-ethyl adjacent to an activating group) is 1. The van der Waals surface area contributed by atoms with E-state index in [9.17, 15) is 14.4 Å². The van der Waals surface area contributed by atoms with Gasteiger partial charge in [-0.25, -0.2) is 4.79 Å². The lowest BCUT2D eigenvalue weighted by Crippen LogP contribution is -2.59. The first kappa shape index (κ1) is 20.7. The Morgan fingerprint density at radius 1 is 1.10 bits per heavy atom. The van der Waals surface area contributed by atoms with Crippen LogP contribution >= 0.6 is 0 Å². The van der Waals surface area contributed by atoms with Crippen LogP contribution in [-0.4, -0.2) is 48.2 Å². The molecule has 1 N–H and O–H groups in total. The molecule has 1 fully saturated rings. The lowest BCUT2D eigenvalue weighted by atomic mass is 9.96. The quantitative estimate of drug-likeness (QED) is 0.549. The number of ether oxygens (including phenoxy) is 1. The van der Waals surface area contributed by atoms with E-state index in [0.29, 0.717) is 19.4 Å². The zero-order valence-corrected chi connectivity index (χ0v) is 16.5. The second kappa shape index (κ2) is 9.47. The minimum Gasteiger partial charge on any atom is -0.459 e. The molecule has 1 saturated heterocycles. The molecular formula is C23H25N2O4. The normalized spacial score (nSPS) is 19.6. The van der Waals surface area contributed by atoms with Crippen molar-refractivity contribution in [2.24, 2.45) is 0 Å². The van der Waals surface area contributed by atoms with Crippen LogP contribution in [0.15, 0.2) is 60.7 Å². The topological polar surface area (TPSA) is 75.7 Å². The summed E-state index contributed by atoms with van der Waals surface area (Å²) in [5.74, 6) is -1.02. The third kappa shape index (κ3) is 4.54. The molecule has 0 spiro atoms. The Labute approximate surface area is 170 Å². The monoisotopic (exact) mass is 393 g/mol. The van der Waals surface area contributed by atoms with Crippen LogP contribution in [0.5, 0.6) is 0 Å². The van der Waals surface area contributed by atoms with Gasteiger partial charge in [-0.15, -0.1) is 0 Å². The first-order chi connectivity index (χ1) is 14.1. The van der Waals surface area contributed by atoms with Crippen LogP contribution in [0.3, 0.4) is 0 Å². The first-order valence-electron chi connectivity index (χ1n) is 9.74. The van der Waals surface area contributed by atoms with E-state index in [-0.39, 0.29) is 18.9 Å². The van der Waals surface area contributed by atoms with Crippen LogP contribution in [0.1, 0.15) is 24.0 Å². The van der Waals surface area contributed by atoms with Crippen molar-refractivity contribution in [3.05, 3.63) is 71.8 Å². The smallest absolute Gasteiger partial charge is 0.340 e. The Kier molecular flexibility index (Phi) is 6.77. The molecule has 6 nitrogen and oxygen atoms in total. The SMILES string of the molecule is CN[C@H](Cc1ccccc1)C(=O)N1CCC[C@]1([C]=O)C(=O)OCc1ccccc1. The van der Waals surface area contributed by atoms with Gasteiger partial charge in [-0.05, 0) is 37.4 Å². The molecule has 1 aliphatic rings. The highest BCUT2D eigenvalue weighted by Crippen LogP contribution is 2.30. The van der Waals surface area contributed by atoms with E-state index >= 15 is 0 Å². The predicted molar refractivity (Wildman–Crippen MR) is 109 cm³/mol. The standard InChI is InChI=1S/C23H25N2O4/c1-24-20(15-18-9-4-2-5-10-18)21(27)25-14-8-13-23(25,17-26)22(28)29-16-19-11-6-3-7-12-19/h2-7,9-12,20,24H,8,13-16H2,1H3/t20-,23+/m1/s1. The highest BCUT2D eigenvalue weighted by Gasteiger charge is 2.53. The van der Waals surface area contributed by atoms with Crippen molar-refractivity contribution in [2.45, 2.75) is 37.5 Å². The van der Waals surface area contributed by atoms with Gasteiger partial charge in [0.2, 0.25) is 17.7 Å². The number of rotatable bonds is 8. The molecule has 1 radical (unpaired) electrons. The van der Waals surface area contributed by atoms with E-state index in [0.717, 1.165) is 11.1 Å². The Bertz CT molecular complexity index is 840. The van der Waals surface area contributed by atoms with E-state index in [2.05, 4.69) is 5.32 Å². The predicted octanol–water partition coefficient (Wildman–Crippen LogP) is 2.03. The average molecular weight is 393 g/mol. The lowest BCUT2D eigenvalue weighted by molar-refractivity contribution is -0.158. The third-order valence-corrected chi connectivity index (χ3v) is 5.30. The molecule has 0 saturated carbocycles. The fourth-order valence-electron chi connectivity index (χ4n) is 3.67. The molecule has 6 heteroatoms. The number of carbonyl (C=O) groups excluding carboxylic acids is 3. The fourth-order valence-corrected chi connectivity index (χ4v) is 3.67. The zero-order chi connectivity index (χ0) is 20.7. The molecule has 151 valence electrons. The maximum absolute atomic E-state index is 13.2. The summed E-state index contributed by atoms with van der Waals surface area (Å²) in [6, 6.07) is 18.3. The third-order valence-electron chi connectivity index (χ3n) is 5.30. The van der Waals surface area contributed by atoms with Crippen LogP contribution < -0.4 is 5.32 Å². The number of esters is 1. The number of nitrogens with one attached hydrogen (secondary N) is 1. The maximum atomic E-state index is 13.2. The largest absolute Gasteiger partial charge is 0.459 e. The Morgan fingerprint density at radius 3 is 2.31 bits per heavy atom. The van der Waals surface area contributed by atoms with Gasteiger partial charge in [0, 0.05) is 6.54 Å². The summed E-state index contributed by atoms with van der Waals surface area (Å²) in [7, 11) is 1.70. The highest BCUT2D eigenvalue weighted by molar-refractivity contribution is 6.03. The van der Waals surface area contributed by atoms with Crippen LogP contribution in [0.25, 0.3) is 0 Å². The van der Waals surface area contributed by atoms with Gasteiger partial charge >= 0.3 is 5.97 Å². The van der Waals surface area contributed by atoms with Gasteiger partial charge in [-0.2, -0.15) is 0 Å². The summed E-state index contributed by atoms with van der Waals surface area (Å²) >= 11 is 0. The maximum Gasteiger partial charge on any atom is 0.340 e. The van der Waals surface area contributed by atoms with Crippen molar-refractivity contribution in [1.29, 1.82) is 0 Å². The van der Waals surface area contributed by atoms with Crippen molar-refractivity contribution in [3.63, 3.8) is 0 Å². The number of benzene rings is 2. The molecule has 29 heavy (non-hydrogen) atoms. The number of amides is 1. The van der Waals surface area contributed by atoms with E-state index < -0.39 is 17.6 Å². The van der Waals surface area contributed by atoms with Crippen molar-refractivity contribution in [2.75, 3.05) is 13.6 Å². The number of hydrogen-bond donors (Lipinski definition) is 1. The summed E-state index contributed by atoms with van der Waals surface area (Å²) in [4.78, 5) is 39.3. The van der Waals surface area contributed by atoms with Gasteiger partial charge in [-0.1, -0.05) is 60.7 Å². The lowest BCUT2D eigenvalue weighted by Gasteiger charge is -2.33. The molecule has 0 aliphatic carbocycles. The molecule has 2 aromatic carbocycles. The van der Waals surface area contributed by atoms with E-state index in [4.69, 9.17) is 4.74 Å². The Morgan fingerprint density at radius 2 is 1.72 bits per heavy atom. The number of hydrogen-bond acceptors (Lipinski definition) is 5. The number of nitrogens with zero attached hydrogens (tertiary/aromatic N) is 1. The average Bonchev–Trinajstić information content (AvgIpc) is 3.22. The molecule has 1 amide bonds. The molecule has 3 rings (SSSR count). The molecule has 1 heterocycles. The molecular weight excluding hydrogens is 368 g/mol. The Balaban J connectivity index is 1.74. The van der Waals surface area contributed by atoms with Crippen molar-refractivity contribution >= 4 is 18.2 Å². The summed E-state index contributed by atoms with van der Waals surface area (Å²) < 4.78 is 5.40. The molecule has 2 aromatic rings. The Hall–Kier alpha value is -2.99. The van der Waals surface area contributed by atoms with Gasteiger partial charge in [0.15, 0.2) is 0 Å². The van der Waals surface area contributed by atoms with Crippen LogP contribution in [-0.2, 0) is 32.1 Å². The summed E-state index contributed by atoms with van der Waals surface area (Å²) in [6.45, 7) is 0.367. The highest BCUT2D eigenvalue weighted by atomic mass is 16.5. The summed E-state index contributed by atoms with van der Waals surface area (Å²) in [6.07, 6.45) is 3.06. The molecule has 2 atom stereocenters. The fraction of sp³-hybridized carbons (Fsp3) is 0.348. The molecule has 0 bridgehead atoms. The van der Waals surface area contributed by atoms with E-state index in [1.165, 1.54) is 4.90 Å². The van der Waals surface area contributed by atoms with Crippen molar-refractivity contribution in [1.82, 2.24) is 10.2 Å². The minimum absolute atomic E-state index is 0.0462. The summed E-state index contributed by atoms with van der Waals surface area (Å²) in [5.41, 5.74) is 0.124. The summed E-state index contributed by atoms with van der Waals surface area (Å²) in [5, 5.41) is 3.01.